The molecular formula is C8H7N3O3S. The molecular weight excluding hydrogens is 218 g/mol. The highest BCUT2D eigenvalue weighted by Crippen LogP contribution is 2.18. The van der Waals surface area contributed by atoms with Gasteiger partial charge in [-0.3, -0.25) is 4.79 Å². The highest BCUT2D eigenvalue weighted by Gasteiger charge is 2.18. The van der Waals surface area contributed by atoms with E-state index in [0.29, 0.717) is 11.3 Å². The molecule has 7 heteroatoms. The van der Waals surface area contributed by atoms with Gasteiger partial charge in [-0.1, -0.05) is 0 Å². The lowest BCUT2D eigenvalue weighted by molar-refractivity contribution is 0.0608. The molecule has 0 aliphatic rings. The van der Waals surface area contributed by atoms with Crippen molar-refractivity contribution in [2.45, 2.75) is 6.92 Å². The number of aromatic nitrogens is 3. The lowest BCUT2D eigenvalue weighted by Crippen LogP contribution is -2.10. The molecule has 1 N–H and O–H groups in total. The van der Waals surface area contributed by atoms with Crippen molar-refractivity contribution in [2.24, 2.45) is 0 Å². The molecule has 2 aromatic rings. The number of carbonyl (C=O) groups is 1. The van der Waals surface area contributed by atoms with Gasteiger partial charge in [0.2, 0.25) is 0 Å². The Labute approximate surface area is 88.1 Å². The van der Waals surface area contributed by atoms with Gasteiger partial charge in [-0.15, -0.1) is 0 Å². The van der Waals surface area contributed by atoms with Crippen LogP contribution in [0.2, 0.25) is 0 Å². The standard InChI is InChI=1S/C8H7N3O3S/c1-3-9-4-5(7(12)10-3)11-15-6(4)8(13)14-2/h1-2H3,(H,9,10,12). The van der Waals surface area contributed by atoms with Gasteiger partial charge >= 0.3 is 5.97 Å². The number of H-pyrrole nitrogens is 1. The van der Waals surface area contributed by atoms with Gasteiger partial charge < -0.3 is 9.72 Å². The van der Waals surface area contributed by atoms with E-state index in [0.717, 1.165) is 11.5 Å². The molecule has 2 heterocycles. The number of nitrogens with one attached hydrogen (secondary N) is 1. The number of rotatable bonds is 1. The lowest BCUT2D eigenvalue weighted by atomic mass is 10.3. The maximum Gasteiger partial charge on any atom is 0.351 e. The molecule has 78 valence electrons. The van der Waals surface area contributed by atoms with Crippen molar-refractivity contribution in [2.75, 3.05) is 7.11 Å². The maximum absolute atomic E-state index is 11.4. The summed E-state index contributed by atoms with van der Waals surface area (Å²) in [5.74, 6) is -0.0853. The SMILES string of the molecule is COC(=O)c1snc2c(=O)[nH]c(C)nc12. The predicted molar refractivity (Wildman–Crippen MR) is 54.1 cm³/mol. The summed E-state index contributed by atoms with van der Waals surface area (Å²) in [6.07, 6.45) is 0. The van der Waals surface area contributed by atoms with Gasteiger partial charge in [0.05, 0.1) is 7.11 Å². The van der Waals surface area contributed by atoms with Crippen LogP contribution < -0.4 is 5.56 Å². The molecule has 0 spiro atoms. The van der Waals surface area contributed by atoms with Crippen LogP contribution in [0.5, 0.6) is 0 Å². The number of hydrogen-bond donors (Lipinski definition) is 1. The molecule has 6 nitrogen and oxygen atoms in total. The second-order valence-corrected chi connectivity index (χ2v) is 3.63. The average Bonchev–Trinajstić information content (AvgIpc) is 2.60. The van der Waals surface area contributed by atoms with Crippen molar-refractivity contribution in [1.29, 1.82) is 0 Å². The summed E-state index contributed by atoms with van der Waals surface area (Å²) in [5.41, 5.74) is 0.128. The van der Waals surface area contributed by atoms with Crippen LogP contribution in [0.4, 0.5) is 0 Å². The minimum absolute atomic E-state index is 0.172. The van der Waals surface area contributed by atoms with Gasteiger partial charge in [-0.05, 0) is 18.5 Å². The van der Waals surface area contributed by atoms with Gasteiger partial charge in [0.25, 0.3) is 5.56 Å². The van der Waals surface area contributed by atoms with Gasteiger partial charge in [-0.25, -0.2) is 9.78 Å². The zero-order valence-electron chi connectivity index (χ0n) is 8.03. The molecule has 0 aliphatic heterocycles. The molecule has 0 unspecified atom stereocenters. The number of esters is 1. The molecule has 0 aromatic carbocycles. The summed E-state index contributed by atoms with van der Waals surface area (Å²) in [5, 5.41) is 0. The van der Waals surface area contributed by atoms with E-state index in [4.69, 9.17) is 0 Å². The van der Waals surface area contributed by atoms with Crippen LogP contribution >= 0.6 is 11.5 Å². The first-order valence-corrected chi connectivity index (χ1v) is 4.85. The summed E-state index contributed by atoms with van der Waals surface area (Å²) < 4.78 is 8.42. The predicted octanol–water partition coefficient (Wildman–Crippen LogP) is 0.475. The van der Waals surface area contributed by atoms with E-state index in [1.54, 1.807) is 6.92 Å². The molecule has 0 radical (unpaired) electrons. The fourth-order valence-corrected chi connectivity index (χ4v) is 1.92. The second kappa shape index (κ2) is 3.43. The largest absolute Gasteiger partial charge is 0.465 e. The molecule has 0 aliphatic carbocycles. The fraction of sp³-hybridized carbons (Fsp3) is 0.250. The molecule has 0 amide bonds. The number of aryl methyl sites for hydroxylation is 1. The fourth-order valence-electron chi connectivity index (χ4n) is 1.18. The molecule has 15 heavy (non-hydrogen) atoms. The van der Waals surface area contributed by atoms with Crippen molar-refractivity contribution in [3.05, 3.63) is 21.1 Å². The van der Waals surface area contributed by atoms with E-state index >= 15 is 0 Å². The summed E-state index contributed by atoms with van der Waals surface area (Å²) in [6, 6.07) is 0. The summed E-state index contributed by atoms with van der Waals surface area (Å²) in [4.78, 5) is 29.5. The van der Waals surface area contributed by atoms with Crippen molar-refractivity contribution in [3.63, 3.8) is 0 Å². The first-order valence-electron chi connectivity index (χ1n) is 4.08. The number of ether oxygens (including phenoxy) is 1. The Morgan fingerprint density at radius 3 is 2.87 bits per heavy atom. The van der Waals surface area contributed by atoms with Crippen LogP contribution in [0.25, 0.3) is 11.0 Å². The van der Waals surface area contributed by atoms with Gasteiger partial charge in [0.15, 0.2) is 10.4 Å². The van der Waals surface area contributed by atoms with Crippen molar-refractivity contribution >= 4 is 28.5 Å². The van der Waals surface area contributed by atoms with Gasteiger partial charge in [0.1, 0.15) is 11.3 Å². The van der Waals surface area contributed by atoms with Crippen LogP contribution in [-0.4, -0.2) is 27.4 Å². The first-order chi connectivity index (χ1) is 7.13. The Morgan fingerprint density at radius 1 is 1.47 bits per heavy atom. The van der Waals surface area contributed by atoms with Crippen molar-refractivity contribution in [3.8, 4) is 0 Å². The van der Waals surface area contributed by atoms with Crippen LogP contribution in [0, 0.1) is 6.92 Å². The van der Waals surface area contributed by atoms with Crippen LogP contribution in [0.15, 0.2) is 4.79 Å². The topological polar surface area (TPSA) is 84.9 Å². The average molecular weight is 225 g/mol. The van der Waals surface area contributed by atoms with E-state index in [2.05, 4.69) is 19.1 Å². The number of nitrogens with zero attached hydrogens (tertiary/aromatic N) is 2. The van der Waals surface area contributed by atoms with E-state index in [9.17, 15) is 9.59 Å². The molecule has 0 bridgehead atoms. The maximum atomic E-state index is 11.4. The summed E-state index contributed by atoms with van der Waals surface area (Å²) >= 11 is 0.911. The Morgan fingerprint density at radius 2 is 2.20 bits per heavy atom. The third-order valence-electron chi connectivity index (χ3n) is 1.83. The Bertz CT molecular complexity index is 586. The monoisotopic (exact) mass is 225 g/mol. The molecule has 2 aromatic heterocycles. The zero-order chi connectivity index (χ0) is 11.0. The molecule has 0 atom stereocenters. The van der Waals surface area contributed by atoms with Crippen LogP contribution in [-0.2, 0) is 4.74 Å². The zero-order valence-corrected chi connectivity index (χ0v) is 8.84. The number of fused-ring (bicyclic) bond motifs is 1. The summed E-state index contributed by atoms with van der Waals surface area (Å²) in [7, 11) is 1.27. The van der Waals surface area contributed by atoms with Crippen molar-refractivity contribution < 1.29 is 9.53 Å². The van der Waals surface area contributed by atoms with Crippen LogP contribution in [0.3, 0.4) is 0 Å². The van der Waals surface area contributed by atoms with E-state index in [1.165, 1.54) is 7.11 Å². The van der Waals surface area contributed by atoms with E-state index < -0.39 is 5.97 Å². The summed E-state index contributed by atoms with van der Waals surface area (Å²) in [6.45, 7) is 1.64. The highest BCUT2D eigenvalue weighted by molar-refractivity contribution is 7.09. The molecule has 0 fully saturated rings. The third kappa shape index (κ3) is 1.50. The third-order valence-corrected chi connectivity index (χ3v) is 2.64. The Hall–Kier alpha value is -1.76. The molecule has 0 saturated heterocycles. The smallest absolute Gasteiger partial charge is 0.351 e. The normalized spacial score (nSPS) is 10.5. The van der Waals surface area contributed by atoms with E-state index in [-0.39, 0.29) is 16.0 Å². The van der Waals surface area contributed by atoms with Gasteiger partial charge in [0, 0.05) is 0 Å². The Kier molecular flexibility index (Phi) is 2.24. The quantitative estimate of drug-likeness (QED) is 0.713. The second-order valence-electron chi connectivity index (χ2n) is 2.85. The molecule has 0 saturated carbocycles. The number of methoxy groups -OCH3 is 1. The first kappa shape index (κ1) is 9.78. The van der Waals surface area contributed by atoms with Gasteiger partial charge in [-0.2, -0.15) is 4.37 Å². The Balaban J connectivity index is 2.80. The minimum atomic E-state index is -0.528. The number of hydrogen-bond acceptors (Lipinski definition) is 6. The number of aromatic amines is 1. The number of carbonyl (C=O) groups excluding carboxylic acids is 1. The van der Waals surface area contributed by atoms with Crippen LogP contribution in [0.1, 0.15) is 15.5 Å². The lowest BCUT2D eigenvalue weighted by Gasteiger charge is -1.95. The molecule has 2 rings (SSSR count). The highest BCUT2D eigenvalue weighted by atomic mass is 32.1. The van der Waals surface area contributed by atoms with Crippen molar-refractivity contribution in [1.82, 2.24) is 14.3 Å². The van der Waals surface area contributed by atoms with E-state index in [1.807, 2.05) is 0 Å². The minimum Gasteiger partial charge on any atom is -0.465 e.